The molecule has 0 amide bonds. The van der Waals surface area contributed by atoms with Gasteiger partial charge in [-0.05, 0) is 57.6 Å². The third-order valence-corrected chi connectivity index (χ3v) is 4.22. The van der Waals surface area contributed by atoms with Crippen LogP contribution in [0.5, 0.6) is 0 Å². The van der Waals surface area contributed by atoms with Crippen LogP contribution in [0.4, 0.5) is 13.2 Å². The molecule has 1 aromatic rings. The van der Waals surface area contributed by atoms with Crippen molar-refractivity contribution in [3.8, 4) is 0 Å². The van der Waals surface area contributed by atoms with E-state index >= 15 is 0 Å². The van der Waals surface area contributed by atoms with Crippen molar-refractivity contribution in [1.82, 2.24) is 0 Å². The van der Waals surface area contributed by atoms with Crippen molar-refractivity contribution in [1.29, 1.82) is 0 Å². The largest absolute Gasteiger partial charge is 0.418 e. The summed E-state index contributed by atoms with van der Waals surface area (Å²) >= 11 is 4.63. The second-order valence-corrected chi connectivity index (χ2v) is 4.79. The minimum Gasteiger partial charge on any atom is -0.294 e. The third kappa shape index (κ3) is 2.72. The SMILES string of the molecule is CC(=O)c1ccc(I)c(Br)c1C(F)(F)F. The lowest BCUT2D eigenvalue weighted by atomic mass is 10.0. The Morgan fingerprint density at radius 3 is 2.33 bits per heavy atom. The van der Waals surface area contributed by atoms with Crippen LogP contribution in [-0.4, -0.2) is 5.78 Å². The highest BCUT2D eigenvalue weighted by atomic mass is 127. The lowest BCUT2D eigenvalue weighted by Crippen LogP contribution is -2.13. The van der Waals surface area contributed by atoms with E-state index in [0.717, 1.165) is 6.92 Å². The third-order valence-electron chi connectivity index (χ3n) is 1.76. The van der Waals surface area contributed by atoms with Gasteiger partial charge in [-0.2, -0.15) is 13.2 Å². The first-order valence-corrected chi connectivity index (χ1v) is 5.68. The molecule has 0 saturated carbocycles. The molecule has 0 atom stereocenters. The first-order chi connectivity index (χ1) is 6.75. The molecular formula is C9H5BrF3IO. The second kappa shape index (κ2) is 4.40. The fraction of sp³-hybridized carbons (Fsp3) is 0.222. The van der Waals surface area contributed by atoms with E-state index in [2.05, 4.69) is 15.9 Å². The minimum absolute atomic E-state index is 0.0803. The van der Waals surface area contributed by atoms with E-state index in [0.29, 0.717) is 3.57 Å². The van der Waals surface area contributed by atoms with Crippen molar-refractivity contribution < 1.29 is 18.0 Å². The maximum atomic E-state index is 12.7. The average Bonchev–Trinajstić information content (AvgIpc) is 2.06. The standard InChI is InChI=1S/C9H5BrF3IO/c1-4(15)5-2-3-6(14)8(10)7(5)9(11,12)13/h2-3H,1H3. The van der Waals surface area contributed by atoms with E-state index in [9.17, 15) is 18.0 Å². The van der Waals surface area contributed by atoms with E-state index < -0.39 is 17.5 Å². The van der Waals surface area contributed by atoms with Crippen LogP contribution >= 0.6 is 38.5 Å². The number of halogens is 5. The molecule has 0 spiro atoms. The molecule has 15 heavy (non-hydrogen) atoms. The van der Waals surface area contributed by atoms with Crippen LogP contribution in [0.2, 0.25) is 0 Å². The molecule has 1 aromatic carbocycles. The van der Waals surface area contributed by atoms with Crippen LogP contribution in [0.1, 0.15) is 22.8 Å². The Hall–Kier alpha value is -0.110. The predicted octanol–water partition coefficient (Wildman–Crippen LogP) is 4.28. The van der Waals surface area contributed by atoms with Gasteiger partial charge >= 0.3 is 6.18 Å². The van der Waals surface area contributed by atoms with Crippen LogP contribution in [0.3, 0.4) is 0 Å². The van der Waals surface area contributed by atoms with Gasteiger partial charge in [0, 0.05) is 13.6 Å². The molecule has 0 aliphatic carbocycles. The normalized spacial score (nSPS) is 11.6. The number of alkyl halides is 3. The Kier molecular flexibility index (Phi) is 3.80. The number of carbonyl (C=O) groups is 1. The summed E-state index contributed by atoms with van der Waals surface area (Å²) in [5.41, 5.74) is -1.21. The van der Waals surface area contributed by atoms with Crippen molar-refractivity contribution in [3.63, 3.8) is 0 Å². The Morgan fingerprint density at radius 1 is 1.40 bits per heavy atom. The Labute approximate surface area is 106 Å². The van der Waals surface area contributed by atoms with Gasteiger partial charge in [0.05, 0.1) is 5.56 Å². The zero-order chi connectivity index (χ0) is 11.8. The Bertz CT molecular complexity index is 415. The minimum atomic E-state index is -4.53. The molecule has 0 aliphatic rings. The van der Waals surface area contributed by atoms with Gasteiger partial charge < -0.3 is 0 Å². The van der Waals surface area contributed by atoms with Crippen molar-refractivity contribution in [3.05, 3.63) is 31.3 Å². The van der Waals surface area contributed by atoms with Gasteiger partial charge in [0.2, 0.25) is 0 Å². The summed E-state index contributed by atoms with van der Waals surface area (Å²) in [4.78, 5) is 11.1. The van der Waals surface area contributed by atoms with Crippen LogP contribution in [-0.2, 0) is 6.18 Å². The number of Topliss-reactive ketones (excluding diaryl/α,β-unsaturated/α-hetero) is 1. The van der Waals surface area contributed by atoms with Gasteiger partial charge in [0.25, 0.3) is 0 Å². The molecule has 0 heterocycles. The molecule has 0 N–H and O–H groups in total. The van der Waals surface area contributed by atoms with Crippen molar-refractivity contribution in [2.24, 2.45) is 0 Å². The molecule has 0 fully saturated rings. The first kappa shape index (κ1) is 13.0. The lowest BCUT2D eigenvalue weighted by molar-refractivity contribution is -0.138. The highest BCUT2D eigenvalue weighted by Crippen LogP contribution is 2.39. The number of hydrogen-bond acceptors (Lipinski definition) is 1. The second-order valence-electron chi connectivity index (χ2n) is 2.84. The van der Waals surface area contributed by atoms with Crippen LogP contribution < -0.4 is 0 Å². The summed E-state index contributed by atoms with van der Waals surface area (Å²) in [6, 6.07) is 2.66. The number of ketones is 1. The average molecular weight is 393 g/mol. The Balaban J connectivity index is 3.57. The van der Waals surface area contributed by atoms with Crippen LogP contribution in [0, 0.1) is 3.57 Å². The highest BCUT2D eigenvalue weighted by molar-refractivity contribution is 14.1. The van der Waals surface area contributed by atoms with Crippen molar-refractivity contribution >= 4 is 44.3 Å². The van der Waals surface area contributed by atoms with E-state index in [4.69, 9.17) is 0 Å². The topological polar surface area (TPSA) is 17.1 Å². The molecule has 0 saturated heterocycles. The number of carbonyl (C=O) groups excluding carboxylic acids is 1. The molecule has 0 aromatic heterocycles. The maximum absolute atomic E-state index is 12.7. The molecular weight excluding hydrogens is 388 g/mol. The van der Waals surface area contributed by atoms with Gasteiger partial charge in [-0.3, -0.25) is 4.79 Å². The van der Waals surface area contributed by atoms with Gasteiger partial charge in [-0.1, -0.05) is 0 Å². The number of rotatable bonds is 1. The highest BCUT2D eigenvalue weighted by Gasteiger charge is 2.37. The zero-order valence-corrected chi connectivity index (χ0v) is 11.2. The fourth-order valence-electron chi connectivity index (χ4n) is 1.12. The van der Waals surface area contributed by atoms with Gasteiger partial charge in [-0.25, -0.2) is 0 Å². The van der Waals surface area contributed by atoms with Crippen LogP contribution in [0.25, 0.3) is 0 Å². The van der Waals surface area contributed by atoms with Crippen LogP contribution in [0.15, 0.2) is 16.6 Å². The summed E-state index contributed by atoms with van der Waals surface area (Å²) in [7, 11) is 0. The molecule has 6 heteroatoms. The molecule has 1 nitrogen and oxygen atoms in total. The molecule has 0 radical (unpaired) electrons. The molecule has 0 bridgehead atoms. The summed E-state index contributed by atoms with van der Waals surface area (Å²) in [5.74, 6) is -0.598. The maximum Gasteiger partial charge on any atom is 0.418 e. The lowest BCUT2D eigenvalue weighted by Gasteiger charge is -2.13. The molecule has 1 rings (SSSR count). The number of benzene rings is 1. The molecule has 82 valence electrons. The summed E-state index contributed by atoms with van der Waals surface area (Å²) in [6.45, 7) is 1.11. The van der Waals surface area contributed by atoms with Gasteiger partial charge in [-0.15, -0.1) is 0 Å². The smallest absolute Gasteiger partial charge is 0.294 e. The number of hydrogen-bond donors (Lipinski definition) is 0. The zero-order valence-electron chi connectivity index (χ0n) is 7.45. The Morgan fingerprint density at radius 2 is 1.93 bits per heavy atom. The fourth-order valence-corrected chi connectivity index (χ4v) is 2.14. The van der Waals surface area contributed by atoms with Crippen molar-refractivity contribution in [2.45, 2.75) is 13.1 Å². The summed E-state index contributed by atoms with van der Waals surface area (Å²) in [6.07, 6.45) is -4.53. The van der Waals surface area contributed by atoms with E-state index in [1.807, 2.05) is 0 Å². The first-order valence-electron chi connectivity index (χ1n) is 3.81. The monoisotopic (exact) mass is 392 g/mol. The van der Waals surface area contributed by atoms with E-state index in [-0.39, 0.29) is 10.0 Å². The molecule has 0 aliphatic heterocycles. The van der Waals surface area contributed by atoms with Gasteiger partial charge in [0.1, 0.15) is 0 Å². The van der Waals surface area contributed by atoms with Gasteiger partial charge in [0.15, 0.2) is 5.78 Å². The quantitative estimate of drug-likeness (QED) is 0.515. The van der Waals surface area contributed by atoms with Crippen molar-refractivity contribution in [2.75, 3.05) is 0 Å². The van der Waals surface area contributed by atoms with E-state index in [1.54, 1.807) is 22.6 Å². The molecule has 0 unspecified atom stereocenters. The van der Waals surface area contributed by atoms with E-state index in [1.165, 1.54) is 12.1 Å². The summed E-state index contributed by atoms with van der Waals surface area (Å²) < 4.78 is 38.3. The summed E-state index contributed by atoms with van der Waals surface area (Å²) in [5, 5.41) is 0. The predicted molar refractivity (Wildman–Crippen MR) is 61.9 cm³/mol.